The summed E-state index contributed by atoms with van der Waals surface area (Å²) in [4.78, 5) is 3.89. The molecule has 0 radical (unpaired) electrons. The van der Waals surface area contributed by atoms with Gasteiger partial charge in [-0.05, 0) is 24.6 Å². The standard InChI is InChI=1S/C7H11N3/c1-6(10-8)7-2-4-9-5-3-7/h2-6,10H,8H2,1H3. The van der Waals surface area contributed by atoms with Crippen molar-refractivity contribution in [2.24, 2.45) is 5.84 Å². The lowest BCUT2D eigenvalue weighted by Gasteiger charge is -2.08. The molecule has 54 valence electrons. The van der Waals surface area contributed by atoms with Gasteiger partial charge >= 0.3 is 0 Å². The van der Waals surface area contributed by atoms with Crippen LogP contribution in [-0.2, 0) is 0 Å². The van der Waals surface area contributed by atoms with Gasteiger partial charge < -0.3 is 0 Å². The van der Waals surface area contributed by atoms with E-state index in [4.69, 9.17) is 5.84 Å². The number of nitrogens with one attached hydrogen (secondary N) is 1. The van der Waals surface area contributed by atoms with E-state index in [0.717, 1.165) is 5.56 Å². The van der Waals surface area contributed by atoms with Crippen LogP contribution in [0.1, 0.15) is 18.5 Å². The number of pyridine rings is 1. The van der Waals surface area contributed by atoms with E-state index in [-0.39, 0.29) is 6.04 Å². The number of hydrogen-bond donors (Lipinski definition) is 2. The number of aromatic nitrogens is 1. The van der Waals surface area contributed by atoms with E-state index in [1.165, 1.54) is 0 Å². The predicted octanol–water partition coefficient (Wildman–Crippen LogP) is 0.606. The Morgan fingerprint density at radius 2 is 2.10 bits per heavy atom. The summed E-state index contributed by atoms with van der Waals surface area (Å²) in [5.41, 5.74) is 3.80. The van der Waals surface area contributed by atoms with Crippen LogP contribution in [0.15, 0.2) is 24.5 Å². The first-order valence-corrected chi connectivity index (χ1v) is 3.20. The van der Waals surface area contributed by atoms with Gasteiger partial charge in [0.25, 0.3) is 0 Å². The first kappa shape index (κ1) is 7.18. The van der Waals surface area contributed by atoms with Gasteiger partial charge in [-0.15, -0.1) is 0 Å². The summed E-state index contributed by atoms with van der Waals surface area (Å²) in [6.07, 6.45) is 3.51. The molecule has 3 nitrogen and oxygen atoms in total. The largest absolute Gasteiger partial charge is 0.271 e. The molecular weight excluding hydrogens is 126 g/mol. The van der Waals surface area contributed by atoms with Crippen molar-refractivity contribution in [1.82, 2.24) is 10.4 Å². The summed E-state index contributed by atoms with van der Waals surface area (Å²) in [5.74, 6) is 5.23. The fraction of sp³-hybridized carbons (Fsp3) is 0.286. The van der Waals surface area contributed by atoms with Gasteiger partial charge in [0, 0.05) is 18.4 Å². The zero-order valence-corrected chi connectivity index (χ0v) is 5.91. The van der Waals surface area contributed by atoms with Gasteiger partial charge in [-0.3, -0.25) is 16.3 Å². The van der Waals surface area contributed by atoms with Crippen molar-refractivity contribution in [3.8, 4) is 0 Å². The van der Waals surface area contributed by atoms with Crippen molar-refractivity contribution in [3.05, 3.63) is 30.1 Å². The molecule has 0 bridgehead atoms. The second kappa shape index (κ2) is 3.29. The number of nitrogens with zero attached hydrogens (tertiary/aromatic N) is 1. The van der Waals surface area contributed by atoms with Gasteiger partial charge in [-0.1, -0.05) is 0 Å². The maximum atomic E-state index is 5.23. The SMILES string of the molecule is CC(NN)c1ccncc1. The molecule has 1 rings (SSSR count). The Labute approximate surface area is 60.2 Å². The van der Waals surface area contributed by atoms with Crippen molar-refractivity contribution < 1.29 is 0 Å². The molecule has 0 aromatic carbocycles. The quantitative estimate of drug-likeness (QED) is 0.463. The minimum Gasteiger partial charge on any atom is -0.271 e. The fourth-order valence-corrected chi connectivity index (χ4v) is 0.748. The number of hydrogen-bond acceptors (Lipinski definition) is 3. The minimum absolute atomic E-state index is 0.197. The van der Waals surface area contributed by atoms with Crippen LogP contribution in [0.3, 0.4) is 0 Å². The van der Waals surface area contributed by atoms with Crippen molar-refractivity contribution in [1.29, 1.82) is 0 Å². The van der Waals surface area contributed by atoms with Crippen LogP contribution in [-0.4, -0.2) is 4.98 Å². The van der Waals surface area contributed by atoms with Crippen molar-refractivity contribution in [3.63, 3.8) is 0 Å². The molecule has 0 aliphatic heterocycles. The Morgan fingerprint density at radius 3 is 2.60 bits per heavy atom. The molecule has 0 spiro atoms. The molecule has 0 saturated heterocycles. The van der Waals surface area contributed by atoms with Crippen LogP contribution in [0.4, 0.5) is 0 Å². The summed E-state index contributed by atoms with van der Waals surface area (Å²) in [6.45, 7) is 2.00. The smallest absolute Gasteiger partial charge is 0.0432 e. The van der Waals surface area contributed by atoms with Crippen LogP contribution >= 0.6 is 0 Å². The average Bonchev–Trinajstić information content (AvgIpc) is 2.05. The van der Waals surface area contributed by atoms with Gasteiger partial charge in [0.2, 0.25) is 0 Å². The number of rotatable bonds is 2. The highest BCUT2D eigenvalue weighted by Crippen LogP contribution is 2.07. The molecule has 1 aromatic heterocycles. The Morgan fingerprint density at radius 1 is 1.50 bits per heavy atom. The highest BCUT2D eigenvalue weighted by atomic mass is 15.2. The Balaban J connectivity index is 2.75. The molecule has 0 saturated carbocycles. The van der Waals surface area contributed by atoms with E-state index < -0.39 is 0 Å². The molecular formula is C7H11N3. The minimum atomic E-state index is 0.197. The third-order valence-electron chi connectivity index (χ3n) is 1.46. The zero-order valence-electron chi connectivity index (χ0n) is 5.91. The monoisotopic (exact) mass is 137 g/mol. The lowest BCUT2D eigenvalue weighted by atomic mass is 10.1. The lowest BCUT2D eigenvalue weighted by Crippen LogP contribution is -2.25. The van der Waals surface area contributed by atoms with Crippen LogP contribution in [0.2, 0.25) is 0 Å². The predicted molar refractivity (Wildman–Crippen MR) is 40.0 cm³/mol. The Kier molecular flexibility index (Phi) is 2.36. The lowest BCUT2D eigenvalue weighted by molar-refractivity contribution is 0.602. The highest BCUT2D eigenvalue weighted by molar-refractivity contribution is 5.13. The zero-order chi connectivity index (χ0) is 7.40. The third kappa shape index (κ3) is 1.52. The van der Waals surface area contributed by atoms with Crippen LogP contribution < -0.4 is 11.3 Å². The molecule has 10 heavy (non-hydrogen) atoms. The van der Waals surface area contributed by atoms with E-state index >= 15 is 0 Å². The van der Waals surface area contributed by atoms with Crippen molar-refractivity contribution in [2.75, 3.05) is 0 Å². The van der Waals surface area contributed by atoms with Gasteiger partial charge in [-0.2, -0.15) is 0 Å². The van der Waals surface area contributed by atoms with Gasteiger partial charge in [0.05, 0.1) is 0 Å². The van der Waals surface area contributed by atoms with E-state index in [9.17, 15) is 0 Å². The molecule has 3 heteroatoms. The van der Waals surface area contributed by atoms with Gasteiger partial charge in [0.1, 0.15) is 0 Å². The maximum Gasteiger partial charge on any atom is 0.0432 e. The normalized spacial score (nSPS) is 13.0. The summed E-state index contributed by atoms with van der Waals surface area (Å²) in [7, 11) is 0. The molecule has 1 unspecified atom stereocenters. The summed E-state index contributed by atoms with van der Waals surface area (Å²) >= 11 is 0. The second-order valence-corrected chi connectivity index (χ2v) is 2.17. The highest BCUT2D eigenvalue weighted by Gasteiger charge is 1.98. The molecule has 1 atom stereocenters. The molecule has 0 aliphatic carbocycles. The number of nitrogens with two attached hydrogens (primary N) is 1. The molecule has 0 amide bonds. The molecule has 0 fully saturated rings. The topological polar surface area (TPSA) is 50.9 Å². The number of hydrazine groups is 1. The van der Waals surface area contributed by atoms with E-state index in [1.54, 1.807) is 12.4 Å². The van der Waals surface area contributed by atoms with Crippen molar-refractivity contribution >= 4 is 0 Å². The maximum absolute atomic E-state index is 5.23. The first-order chi connectivity index (χ1) is 4.84. The van der Waals surface area contributed by atoms with Crippen LogP contribution in [0, 0.1) is 0 Å². The van der Waals surface area contributed by atoms with E-state index in [1.807, 2.05) is 19.1 Å². The van der Waals surface area contributed by atoms with Crippen LogP contribution in [0.5, 0.6) is 0 Å². The van der Waals surface area contributed by atoms with Gasteiger partial charge in [0.15, 0.2) is 0 Å². The Hall–Kier alpha value is -0.930. The average molecular weight is 137 g/mol. The van der Waals surface area contributed by atoms with Crippen molar-refractivity contribution in [2.45, 2.75) is 13.0 Å². The fourth-order valence-electron chi connectivity index (χ4n) is 0.748. The molecule has 1 aromatic rings. The molecule has 0 aliphatic rings. The van der Waals surface area contributed by atoms with Crippen LogP contribution in [0.25, 0.3) is 0 Å². The molecule has 3 N–H and O–H groups in total. The first-order valence-electron chi connectivity index (χ1n) is 3.20. The van der Waals surface area contributed by atoms with E-state index in [2.05, 4.69) is 10.4 Å². The summed E-state index contributed by atoms with van der Waals surface area (Å²) in [5, 5.41) is 0. The third-order valence-corrected chi connectivity index (χ3v) is 1.46. The summed E-state index contributed by atoms with van der Waals surface area (Å²) < 4.78 is 0. The summed E-state index contributed by atoms with van der Waals surface area (Å²) in [6, 6.07) is 4.07. The van der Waals surface area contributed by atoms with E-state index in [0.29, 0.717) is 0 Å². The second-order valence-electron chi connectivity index (χ2n) is 2.17. The Bertz CT molecular complexity index is 185. The molecule has 1 heterocycles. The van der Waals surface area contributed by atoms with Gasteiger partial charge in [-0.25, -0.2) is 0 Å².